The van der Waals surface area contributed by atoms with Crippen molar-refractivity contribution >= 4 is 45.4 Å². The first-order valence-corrected chi connectivity index (χ1v) is 13.4. The van der Waals surface area contributed by atoms with E-state index >= 15 is 0 Å². The molecule has 4 N–H and O–H groups in total. The molecule has 0 saturated carbocycles. The highest BCUT2D eigenvalue weighted by atomic mass is 79.9. The van der Waals surface area contributed by atoms with Crippen LogP contribution in [0.2, 0.25) is 0 Å². The van der Waals surface area contributed by atoms with Gasteiger partial charge in [-0.1, -0.05) is 12.1 Å². The summed E-state index contributed by atoms with van der Waals surface area (Å²) in [5.74, 6) is -1.36. The van der Waals surface area contributed by atoms with Crippen LogP contribution < -0.4 is 15.8 Å². The van der Waals surface area contributed by atoms with Crippen molar-refractivity contribution in [2.24, 2.45) is 0 Å². The van der Waals surface area contributed by atoms with E-state index in [2.05, 4.69) is 31.2 Å². The summed E-state index contributed by atoms with van der Waals surface area (Å²) in [4.78, 5) is 45.4. The van der Waals surface area contributed by atoms with Gasteiger partial charge >= 0.3 is 12.1 Å². The van der Waals surface area contributed by atoms with E-state index in [9.17, 15) is 14.4 Å². The molecule has 1 heterocycles. The Hall–Kier alpha value is -3.53. The molecule has 0 aliphatic rings. The fourth-order valence-electron chi connectivity index (χ4n) is 3.17. The van der Waals surface area contributed by atoms with Crippen LogP contribution in [0.25, 0.3) is 0 Å². The first-order valence-electron chi connectivity index (χ1n) is 12.6. The molecule has 15 heteroatoms. The Morgan fingerprint density at radius 3 is 2.32 bits per heavy atom. The Labute approximate surface area is 246 Å². The predicted octanol–water partition coefficient (Wildman–Crippen LogP) is 2.95. The van der Waals surface area contributed by atoms with E-state index in [4.69, 9.17) is 34.5 Å². The van der Waals surface area contributed by atoms with Crippen LogP contribution in [0, 0.1) is 0 Å². The molecular weight excluding hydrogens is 606 g/mol. The van der Waals surface area contributed by atoms with E-state index in [0.717, 1.165) is 0 Å². The van der Waals surface area contributed by atoms with E-state index in [1.165, 1.54) is 11.1 Å². The molecule has 0 aliphatic carbocycles. The molecule has 0 atom stereocenters. The van der Waals surface area contributed by atoms with Crippen molar-refractivity contribution in [1.29, 1.82) is 0 Å². The summed E-state index contributed by atoms with van der Waals surface area (Å²) in [5.41, 5.74) is 6.04. The number of nitrogens with one attached hydrogen (secondary N) is 1. The van der Waals surface area contributed by atoms with Crippen LogP contribution in [0.3, 0.4) is 0 Å². The lowest BCUT2D eigenvalue weighted by Crippen LogP contribution is -2.34. The Kier molecular flexibility index (Phi) is 13.7. The van der Waals surface area contributed by atoms with E-state index < -0.39 is 23.6 Å². The number of rotatable bonds is 16. The minimum Gasteiger partial charge on any atom is -0.489 e. The Morgan fingerprint density at radius 2 is 1.68 bits per heavy atom. The van der Waals surface area contributed by atoms with Gasteiger partial charge in [-0.15, -0.1) is 0 Å². The number of anilines is 2. The number of carboxylic acid groups (broad SMARTS) is 1. The zero-order chi connectivity index (χ0) is 30.4. The fourth-order valence-corrected chi connectivity index (χ4v) is 3.45. The van der Waals surface area contributed by atoms with Gasteiger partial charge in [0, 0.05) is 12.6 Å². The summed E-state index contributed by atoms with van der Waals surface area (Å²) in [6.45, 7) is 6.36. The van der Waals surface area contributed by atoms with Crippen LogP contribution in [0.5, 0.6) is 5.75 Å². The van der Waals surface area contributed by atoms with Gasteiger partial charge in [-0.05, 0) is 42.8 Å². The van der Waals surface area contributed by atoms with Crippen LogP contribution in [-0.4, -0.2) is 96.8 Å². The van der Waals surface area contributed by atoms with Crippen LogP contribution in [0.1, 0.15) is 36.8 Å². The average Bonchev–Trinajstić information content (AvgIpc) is 2.88. The van der Waals surface area contributed by atoms with Crippen molar-refractivity contribution < 1.29 is 43.2 Å². The number of ether oxygens (including phenoxy) is 5. The summed E-state index contributed by atoms with van der Waals surface area (Å²) in [6, 6.07) is 5.12. The van der Waals surface area contributed by atoms with Gasteiger partial charge in [-0.2, -0.15) is 0 Å². The Bertz CT molecular complexity index is 1180. The highest BCUT2D eigenvalue weighted by Gasteiger charge is 2.22. The predicted molar refractivity (Wildman–Crippen MR) is 152 cm³/mol. The summed E-state index contributed by atoms with van der Waals surface area (Å²) < 4.78 is 27.5. The van der Waals surface area contributed by atoms with Crippen molar-refractivity contribution in [3.63, 3.8) is 0 Å². The number of benzene rings is 1. The first-order chi connectivity index (χ1) is 19.4. The maximum atomic E-state index is 13.0. The number of para-hydroxylation sites is 1. The second-order valence-electron chi connectivity index (χ2n) is 9.53. The third kappa shape index (κ3) is 12.7. The number of carbonyl (C=O) groups is 3. The Morgan fingerprint density at radius 1 is 1.05 bits per heavy atom. The lowest BCUT2D eigenvalue weighted by atomic mass is 10.1. The average molecular weight is 643 g/mol. The highest BCUT2D eigenvalue weighted by Crippen LogP contribution is 2.31. The number of hydrogen-bond donors (Lipinski definition) is 3. The van der Waals surface area contributed by atoms with Gasteiger partial charge in [0.15, 0.2) is 11.5 Å². The second-order valence-corrected chi connectivity index (χ2v) is 10.3. The standard InChI is InChI=1S/C26H36BrN5O9/c1-26(2,3)41-25(36)32(4)15-17-6-5-7-18(30-24(35)21-23(28)29-14-19(27)31-21)22(17)40-13-12-38-9-8-37-10-11-39-16-20(33)34/h5-7,14H,8-13,15-16H2,1-4H3,(H2,28,29)(H,30,35)(H,33,34). The van der Waals surface area contributed by atoms with E-state index in [1.807, 2.05) is 0 Å². The number of carboxylic acids is 1. The van der Waals surface area contributed by atoms with E-state index in [0.29, 0.717) is 21.6 Å². The molecule has 226 valence electrons. The topological polar surface area (TPSA) is 185 Å². The third-order valence-corrected chi connectivity index (χ3v) is 5.27. The summed E-state index contributed by atoms with van der Waals surface area (Å²) in [5, 5.41) is 11.3. The lowest BCUT2D eigenvalue weighted by molar-refractivity contribution is -0.142. The smallest absolute Gasteiger partial charge is 0.410 e. The minimum absolute atomic E-state index is 0.0435. The first kappa shape index (κ1) is 33.7. The lowest BCUT2D eigenvalue weighted by Gasteiger charge is -2.25. The third-order valence-electron chi connectivity index (χ3n) is 4.89. The maximum Gasteiger partial charge on any atom is 0.410 e. The molecule has 2 aromatic rings. The number of aliphatic carboxylic acids is 1. The van der Waals surface area contributed by atoms with Gasteiger partial charge in [0.2, 0.25) is 0 Å². The fraction of sp³-hybridized carbons (Fsp3) is 0.500. The molecule has 14 nitrogen and oxygen atoms in total. The molecule has 0 spiro atoms. The number of halogens is 1. The molecule has 1 aromatic carbocycles. The SMILES string of the molecule is CN(Cc1cccc(NC(=O)c2nc(Br)cnc2N)c1OCCOCCOCCOCC(=O)O)C(=O)OC(C)(C)C. The van der Waals surface area contributed by atoms with E-state index in [1.54, 1.807) is 46.0 Å². The molecule has 0 unspecified atom stereocenters. The molecule has 2 rings (SSSR count). The zero-order valence-corrected chi connectivity index (χ0v) is 25.1. The second kappa shape index (κ2) is 16.7. The van der Waals surface area contributed by atoms with Crippen LogP contribution in [0.4, 0.5) is 16.3 Å². The van der Waals surface area contributed by atoms with Crippen LogP contribution in [0.15, 0.2) is 29.0 Å². The van der Waals surface area contributed by atoms with Crippen molar-refractivity contribution in [2.75, 3.05) is 64.3 Å². The van der Waals surface area contributed by atoms with Gasteiger partial charge in [0.25, 0.3) is 5.91 Å². The van der Waals surface area contributed by atoms with Gasteiger partial charge in [-0.25, -0.2) is 19.6 Å². The number of nitrogen functional groups attached to an aromatic ring is 1. The molecule has 0 aliphatic heterocycles. The van der Waals surface area contributed by atoms with Gasteiger partial charge in [-0.3, -0.25) is 4.79 Å². The van der Waals surface area contributed by atoms with Gasteiger partial charge < -0.3 is 44.7 Å². The molecule has 0 bridgehead atoms. The number of nitrogens with two attached hydrogens (primary N) is 1. The zero-order valence-electron chi connectivity index (χ0n) is 23.5. The molecule has 0 fully saturated rings. The van der Waals surface area contributed by atoms with Crippen molar-refractivity contribution in [3.8, 4) is 5.75 Å². The van der Waals surface area contributed by atoms with Gasteiger partial charge in [0.05, 0.1) is 51.5 Å². The maximum absolute atomic E-state index is 13.0. The largest absolute Gasteiger partial charge is 0.489 e. The summed E-state index contributed by atoms with van der Waals surface area (Å²) >= 11 is 3.18. The number of carbonyl (C=O) groups excluding carboxylic acids is 2. The molecule has 0 saturated heterocycles. The number of hydrogen-bond acceptors (Lipinski definition) is 11. The van der Waals surface area contributed by atoms with Crippen LogP contribution in [-0.2, 0) is 30.3 Å². The van der Waals surface area contributed by atoms with Crippen LogP contribution >= 0.6 is 15.9 Å². The van der Waals surface area contributed by atoms with E-state index in [-0.39, 0.29) is 64.3 Å². The molecular formula is C26H36BrN5O9. The number of amides is 2. The molecule has 41 heavy (non-hydrogen) atoms. The van der Waals surface area contributed by atoms with Crippen molar-refractivity contribution in [3.05, 3.63) is 40.3 Å². The highest BCUT2D eigenvalue weighted by molar-refractivity contribution is 9.10. The van der Waals surface area contributed by atoms with Crippen molar-refractivity contribution in [1.82, 2.24) is 14.9 Å². The summed E-state index contributed by atoms with van der Waals surface area (Å²) in [7, 11) is 1.59. The quantitative estimate of drug-likeness (QED) is 0.228. The molecule has 2 amide bonds. The van der Waals surface area contributed by atoms with Gasteiger partial charge in [0.1, 0.15) is 29.2 Å². The van der Waals surface area contributed by atoms with Crippen molar-refractivity contribution in [2.45, 2.75) is 32.9 Å². The minimum atomic E-state index is -1.04. The number of aromatic nitrogens is 2. The molecule has 0 radical (unpaired) electrons. The Balaban J connectivity index is 2.05. The normalized spacial score (nSPS) is 11.1. The monoisotopic (exact) mass is 641 g/mol. The summed E-state index contributed by atoms with van der Waals surface area (Å²) in [6.07, 6.45) is 0.860. The molecule has 1 aromatic heterocycles. The number of nitrogens with zero attached hydrogens (tertiary/aromatic N) is 3.